The van der Waals surface area contributed by atoms with E-state index < -0.39 is 0 Å². The summed E-state index contributed by atoms with van der Waals surface area (Å²) in [7, 11) is 0. The number of piperidine rings is 1. The summed E-state index contributed by atoms with van der Waals surface area (Å²) in [4.78, 5) is 33.3. The van der Waals surface area contributed by atoms with Gasteiger partial charge in [0.25, 0.3) is 5.69 Å². The lowest BCUT2D eigenvalue weighted by atomic mass is 9.81. The lowest BCUT2D eigenvalue weighted by molar-refractivity contribution is -0.362. The molecule has 0 bridgehead atoms. The number of allylic oxidation sites excluding steroid dienone is 2. The Morgan fingerprint density at radius 1 is 1.00 bits per heavy atom. The number of ketones is 2. The van der Waals surface area contributed by atoms with Crippen LogP contribution in [0.1, 0.15) is 51.1 Å². The minimum Gasteiger partial charge on any atom is -0.468 e. The van der Waals surface area contributed by atoms with Crippen LogP contribution in [-0.4, -0.2) is 73.5 Å². The summed E-state index contributed by atoms with van der Waals surface area (Å²) in [6.45, 7) is 4.86. The van der Waals surface area contributed by atoms with Crippen LogP contribution in [0.25, 0.3) is 0 Å². The zero-order chi connectivity index (χ0) is 25.7. The van der Waals surface area contributed by atoms with Gasteiger partial charge in [0.05, 0.1) is 24.5 Å². The average Bonchev–Trinajstić information content (AvgIpc) is 3.41. The fourth-order valence-electron chi connectivity index (χ4n) is 6.07. The smallest absolute Gasteiger partial charge is 0.258 e. The topological polar surface area (TPSA) is 91.1 Å². The predicted molar refractivity (Wildman–Crippen MR) is 141 cm³/mol. The van der Waals surface area contributed by atoms with E-state index >= 15 is 0 Å². The maximum absolute atomic E-state index is 13.7. The van der Waals surface area contributed by atoms with Crippen molar-refractivity contribution in [1.82, 2.24) is 4.90 Å². The molecule has 0 radical (unpaired) electrons. The summed E-state index contributed by atoms with van der Waals surface area (Å²) < 4.78 is 18.0. The lowest BCUT2D eigenvalue weighted by Gasteiger charge is -2.37. The maximum Gasteiger partial charge on any atom is 0.258 e. The Bertz CT molecular complexity index is 1410. The number of nitrogens with zero attached hydrogens (tertiary/aromatic N) is 1. The number of rotatable bonds is 5. The van der Waals surface area contributed by atoms with Gasteiger partial charge in [0.15, 0.2) is 17.3 Å². The van der Waals surface area contributed by atoms with Crippen LogP contribution in [-0.2, 0) is 9.47 Å². The highest BCUT2D eigenvalue weighted by Gasteiger charge is 2.41. The highest BCUT2D eigenvalue weighted by Crippen LogP contribution is 2.41. The monoisotopic (exact) mass is 512 g/mol. The molecule has 8 nitrogen and oxygen atoms in total. The van der Waals surface area contributed by atoms with E-state index in [1.807, 2.05) is 30.4 Å². The lowest BCUT2D eigenvalue weighted by Crippen LogP contribution is -2.72. The van der Waals surface area contributed by atoms with Gasteiger partial charge in [-0.25, -0.2) is 4.99 Å². The number of likely N-dealkylation sites (tertiary alicyclic amines) is 1. The molecular weight excluding hydrogens is 482 g/mol. The average molecular weight is 513 g/mol. The van der Waals surface area contributed by atoms with E-state index in [9.17, 15) is 9.59 Å². The molecule has 7 rings (SSSR count). The number of anilines is 1. The van der Waals surface area contributed by atoms with E-state index in [2.05, 4.69) is 15.2 Å². The Kier molecular flexibility index (Phi) is 5.76. The minimum atomic E-state index is -0.366. The fraction of sp³-hybridized carbons (Fsp3) is 0.367. The van der Waals surface area contributed by atoms with Crippen molar-refractivity contribution in [3.05, 3.63) is 76.9 Å². The van der Waals surface area contributed by atoms with Gasteiger partial charge in [-0.3, -0.25) is 9.59 Å². The van der Waals surface area contributed by atoms with Gasteiger partial charge in [0.2, 0.25) is 17.6 Å². The fourth-order valence-corrected chi connectivity index (χ4v) is 6.07. The Labute approximate surface area is 221 Å². The van der Waals surface area contributed by atoms with Gasteiger partial charge in [-0.1, -0.05) is 36.4 Å². The molecule has 2 aliphatic carbocycles. The first kappa shape index (κ1) is 23.5. The van der Waals surface area contributed by atoms with Crippen LogP contribution in [0.5, 0.6) is 5.75 Å². The zero-order valence-corrected chi connectivity index (χ0v) is 21.1. The van der Waals surface area contributed by atoms with Crippen molar-refractivity contribution in [3.63, 3.8) is 0 Å². The molecule has 1 unspecified atom stereocenters. The molecule has 3 aliphatic heterocycles. The number of benzene rings is 2. The Morgan fingerprint density at radius 3 is 2.50 bits per heavy atom. The summed E-state index contributed by atoms with van der Waals surface area (Å²) in [5.41, 5.74) is 3.69. The molecule has 2 fully saturated rings. The van der Waals surface area contributed by atoms with Crippen LogP contribution in [0, 0.1) is 0 Å². The number of fused-ring (bicyclic) bond motifs is 5. The highest BCUT2D eigenvalue weighted by atomic mass is 16.7. The molecule has 0 amide bonds. The summed E-state index contributed by atoms with van der Waals surface area (Å²) in [6.07, 6.45) is 10.2. The normalized spacial score (nSPS) is 22.8. The number of hydrogen-bond acceptors (Lipinski definition) is 7. The molecule has 194 valence electrons. The van der Waals surface area contributed by atoms with Crippen LogP contribution in [0.2, 0.25) is 0 Å². The Hall–Kier alpha value is -3.59. The van der Waals surface area contributed by atoms with E-state index in [4.69, 9.17) is 14.2 Å². The molecule has 5 aliphatic rings. The SMILES string of the molecule is O=C1c2ccccc2C(=O)c2c3c(cc(NCCCN4CCC5(CC4)OCCO5)c21)OC1C=CC=CC1=[NH+]3. The number of nitrogens with one attached hydrogen (secondary N) is 2. The predicted octanol–water partition coefficient (Wildman–Crippen LogP) is 2.14. The summed E-state index contributed by atoms with van der Waals surface area (Å²) in [6, 6.07) is 8.90. The van der Waals surface area contributed by atoms with Crippen molar-refractivity contribution >= 4 is 28.7 Å². The molecule has 3 heterocycles. The van der Waals surface area contributed by atoms with Crippen molar-refractivity contribution in [2.45, 2.75) is 31.2 Å². The van der Waals surface area contributed by atoms with Gasteiger partial charge in [-0.2, -0.15) is 0 Å². The van der Waals surface area contributed by atoms with E-state index in [0.29, 0.717) is 59.1 Å². The minimum absolute atomic E-state index is 0.147. The quantitative estimate of drug-likeness (QED) is 0.507. The van der Waals surface area contributed by atoms with E-state index in [1.54, 1.807) is 24.3 Å². The zero-order valence-electron chi connectivity index (χ0n) is 21.1. The largest absolute Gasteiger partial charge is 0.468 e. The van der Waals surface area contributed by atoms with Gasteiger partial charge in [0, 0.05) is 55.7 Å². The number of hydrogen-bond donors (Lipinski definition) is 2. The van der Waals surface area contributed by atoms with Gasteiger partial charge in [-0.15, -0.1) is 0 Å². The van der Waals surface area contributed by atoms with Crippen molar-refractivity contribution in [2.75, 3.05) is 44.7 Å². The van der Waals surface area contributed by atoms with Crippen LogP contribution in [0.4, 0.5) is 11.4 Å². The van der Waals surface area contributed by atoms with Crippen LogP contribution in [0.3, 0.4) is 0 Å². The van der Waals surface area contributed by atoms with E-state index in [1.165, 1.54) is 0 Å². The summed E-state index contributed by atoms with van der Waals surface area (Å²) >= 11 is 0. The molecule has 0 saturated carbocycles. The standard InChI is InChI=1S/C30H29N3O5/c34-28-19-6-1-2-7-20(19)29(35)26-25(28)22(18-24-27(26)32-21-8-3-4-9-23(21)38-24)31-12-5-13-33-14-10-30(11-15-33)36-16-17-37-30/h1-4,6-9,18,23,31H,5,10-17H2/p+1. The Balaban J connectivity index is 1.14. The number of carbonyl (C=O) groups is 2. The van der Waals surface area contributed by atoms with Crippen molar-refractivity contribution in [3.8, 4) is 5.75 Å². The molecule has 38 heavy (non-hydrogen) atoms. The first-order chi connectivity index (χ1) is 18.6. The Morgan fingerprint density at radius 2 is 1.74 bits per heavy atom. The third-order valence-corrected chi connectivity index (χ3v) is 8.06. The molecule has 2 aromatic carbocycles. The summed E-state index contributed by atoms with van der Waals surface area (Å²) in [5, 5.41) is 3.47. The van der Waals surface area contributed by atoms with Gasteiger partial charge in [-0.05, 0) is 19.0 Å². The second-order valence-electron chi connectivity index (χ2n) is 10.3. The third kappa shape index (κ3) is 3.91. The first-order valence-electron chi connectivity index (χ1n) is 13.4. The van der Waals surface area contributed by atoms with Crippen LogP contribution < -0.4 is 15.0 Å². The van der Waals surface area contributed by atoms with Gasteiger partial charge in [0.1, 0.15) is 5.56 Å². The number of ether oxygens (including phenoxy) is 3. The van der Waals surface area contributed by atoms with E-state index in [-0.39, 0.29) is 23.5 Å². The molecular formula is C30H30N3O5+. The highest BCUT2D eigenvalue weighted by molar-refractivity contribution is 6.32. The van der Waals surface area contributed by atoms with Crippen LogP contribution in [0.15, 0.2) is 54.6 Å². The second-order valence-corrected chi connectivity index (χ2v) is 10.3. The van der Waals surface area contributed by atoms with Gasteiger partial charge >= 0.3 is 0 Å². The molecule has 2 N–H and O–H groups in total. The maximum atomic E-state index is 13.7. The molecule has 8 heteroatoms. The third-order valence-electron chi connectivity index (χ3n) is 8.06. The van der Waals surface area contributed by atoms with Crippen molar-refractivity contribution in [2.24, 2.45) is 0 Å². The van der Waals surface area contributed by atoms with E-state index in [0.717, 1.165) is 44.6 Å². The number of carbonyl (C=O) groups excluding carboxylic acids is 2. The van der Waals surface area contributed by atoms with Crippen molar-refractivity contribution in [1.29, 1.82) is 0 Å². The van der Waals surface area contributed by atoms with Gasteiger partial charge < -0.3 is 24.4 Å². The summed E-state index contributed by atoms with van der Waals surface area (Å²) in [5.74, 6) is -0.113. The molecule has 2 saturated heterocycles. The molecule has 0 aromatic heterocycles. The first-order valence-corrected chi connectivity index (χ1v) is 13.4. The van der Waals surface area contributed by atoms with Crippen molar-refractivity contribution < 1.29 is 28.8 Å². The second kappa shape index (κ2) is 9.31. The van der Waals surface area contributed by atoms with Crippen LogP contribution >= 0.6 is 0 Å². The molecule has 2 aromatic rings. The molecule has 1 spiro atoms. The molecule has 1 atom stereocenters.